The largest absolute Gasteiger partial charge is 0.481 e. The van der Waals surface area contributed by atoms with Gasteiger partial charge in [0.25, 0.3) is 0 Å². The predicted molar refractivity (Wildman–Crippen MR) is 126 cm³/mol. The number of aliphatic carboxylic acids is 1. The molecule has 1 aromatic rings. The molecule has 0 aromatic heterocycles. The molecule has 1 atom stereocenters. The zero-order valence-corrected chi connectivity index (χ0v) is 21.2. The van der Waals surface area contributed by atoms with Gasteiger partial charge in [-0.05, 0) is 67.7 Å². The first-order chi connectivity index (χ1) is 14.5. The van der Waals surface area contributed by atoms with E-state index in [2.05, 4.69) is 71.2 Å². The Balaban J connectivity index is 3.12. The predicted octanol–water partition coefficient (Wildman–Crippen LogP) is 3.42. The highest BCUT2D eigenvalue weighted by Crippen LogP contribution is 2.43. The van der Waals surface area contributed by atoms with Crippen LogP contribution in [0.15, 0.2) is 12.1 Å². The molecule has 0 saturated carbocycles. The smallest absolute Gasteiger partial charge is 0.330 e. The van der Waals surface area contributed by atoms with Gasteiger partial charge in [0, 0.05) is 6.54 Å². The summed E-state index contributed by atoms with van der Waals surface area (Å²) in [6.45, 7) is 18.3. The number of carbonyl (C=O) groups is 3. The maximum Gasteiger partial charge on any atom is 0.330 e. The van der Waals surface area contributed by atoms with E-state index in [1.807, 2.05) is 0 Å². The lowest BCUT2D eigenvalue weighted by Gasteiger charge is -2.44. The first-order valence-electron chi connectivity index (χ1n) is 10.9. The monoisotopic (exact) mass is 448 g/mol. The van der Waals surface area contributed by atoms with Crippen LogP contribution in [-0.4, -0.2) is 48.2 Å². The number of carboxylic acids is 1. The van der Waals surface area contributed by atoms with Crippen LogP contribution in [0.1, 0.15) is 70.2 Å². The SMILES string of the molecule is COC(=O)C(C)(C)NC(=O)C(CC(=O)O)NCC(C)(C)C(C)(C)c1ccc(C)c(C)c1C. The van der Waals surface area contributed by atoms with Crippen LogP contribution in [0.5, 0.6) is 0 Å². The lowest BCUT2D eigenvalue weighted by molar-refractivity contribution is -0.149. The molecular formula is C25H40N2O5. The third-order valence-corrected chi connectivity index (χ3v) is 7.04. The summed E-state index contributed by atoms with van der Waals surface area (Å²) in [6.07, 6.45) is -0.401. The number of methoxy groups -OCH3 is 1. The molecular weight excluding hydrogens is 408 g/mol. The molecule has 180 valence electrons. The summed E-state index contributed by atoms with van der Waals surface area (Å²) >= 11 is 0. The Morgan fingerprint density at radius 3 is 2.06 bits per heavy atom. The maximum atomic E-state index is 12.8. The van der Waals surface area contributed by atoms with Crippen LogP contribution in [0, 0.1) is 26.2 Å². The molecule has 0 aliphatic rings. The van der Waals surface area contributed by atoms with Crippen LogP contribution in [0.25, 0.3) is 0 Å². The maximum absolute atomic E-state index is 12.8. The average Bonchev–Trinajstić information content (AvgIpc) is 2.67. The Hall–Kier alpha value is -2.41. The zero-order chi connectivity index (χ0) is 25.1. The van der Waals surface area contributed by atoms with Crippen LogP contribution in [-0.2, 0) is 24.5 Å². The standard InChI is InChI=1S/C25H40N2O5/c1-15-11-12-18(17(3)16(15)2)24(6,7)23(4,5)14-26-19(13-20(28)29)21(30)27-25(8,9)22(31)32-10/h11-12,19,26H,13-14H2,1-10H3,(H,27,30)(H,28,29). The summed E-state index contributed by atoms with van der Waals surface area (Å²) in [7, 11) is 1.24. The molecule has 3 N–H and O–H groups in total. The number of carboxylic acid groups (broad SMARTS) is 1. The van der Waals surface area contributed by atoms with Crippen molar-refractivity contribution in [3.63, 3.8) is 0 Å². The van der Waals surface area contributed by atoms with Gasteiger partial charge < -0.3 is 20.5 Å². The molecule has 32 heavy (non-hydrogen) atoms. The normalized spacial score (nSPS) is 13.4. The molecule has 7 nitrogen and oxygen atoms in total. The Morgan fingerprint density at radius 2 is 1.56 bits per heavy atom. The fourth-order valence-electron chi connectivity index (χ4n) is 3.73. The molecule has 0 fully saturated rings. The van der Waals surface area contributed by atoms with E-state index in [0.717, 1.165) is 0 Å². The lowest BCUT2D eigenvalue weighted by atomic mass is 9.62. The zero-order valence-electron chi connectivity index (χ0n) is 21.2. The quantitative estimate of drug-likeness (QED) is 0.474. The Morgan fingerprint density at radius 1 is 1.00 bits per heavy atom. The molecule has 0 aliphatic carbocycles. The van der Waals surface area contributed by atoms with Gasteiger partial charge in [0.2, 0.25) is 5.91 Å². The number of carbonyl (C=O) groups excluding carboxylic acids is 2. The minimum Gasteiger partial charge on any atom is -0.481 e. The number of hydrogen-bond donors (Lipinski definition) is 3. The molecule has 0 heterocycles. The Labute approximate surface area is 192 Å². The number of benzene rings is 1. The summed E-state index contributed by atoms with van der Waals surface area (Å²) in [4.78, 5) is 36.2. The van der Waals surface area contributed by atoms with Crippen molar-refractivity contribution in [2.24, 2.45) is 5.41 Å². The third kappa shape index (κ3) is 6.09. The van der Waals surface area contributed by atoms with Crippen molar-refractivity contribution in [1.82, 2.24) is 10.6 Å². The molecule has 0 radical (unpaired) electrons. The summed E-state index contributed by atoms with van der Waals surface area (Å²) in [5.41, 5.74) is 3.10. The Kier molecular flexibility index (Phi) is 8.65. The number of esters is 1. The van der Waals surface area contributed by atoms with Gasteiger partial charge in [0.1, 0.15) is 5.54 Å². The van der Waals surface area contributed by atoms with E-state index in [9.17, 15) is 19.5 Å². The van der Waals surface area contributed by atoms with Crippen molar-refractivity contribution in [3.8, 4) is 0 Å². The number of hydrogen-bond acceptors (Lipinski definition) is 5. The van der Waals surface area contributed by atoms with Gasteiger partial charge in [-0.2, -0.15) is 0 Å². The fraction of sp³-hybridized carbons (Fsp3) is 0.640. The highest BCUT2D eigenvalue weighted by atomic mass is 16.5. The van der Waals surface area contributed by atoms with Crippen LogP contribution in [0.2, 0.25) is 0 Å². The van der Waals surface area contributed by atoms with E-state index in [1.54, 1.807) is 0 Å². The summed E-state index contributed by atoms with van der Waals surface area (Å²) in [5.74, 6) is -2.26. The van der Waals surface area contributed by atoms with E-state index in [0.29, 0.717) is 6.54 Å². The molecule has 7 heteroatoms. The highest BCUT2D eigenvalue weighted by molar-refractivity contribution is 5.91. The van der Waals surface area contributed by atoms with E-state index < -0.39 is 35.8 Å². The molecule has 0 bridgehead atoms. The van der Waals surface area contributed by atoms with Crippen molar-refractivity contribution < 1.29 is 24.2 Å². The van der Waals surface area contributed by atoms with Crippen LogP contribution >= 0.6 is 0 Å². The summed E-state index contributed by atoms with van der Waals surface area (Å²) in [6, 6.07) is 3.28. The van der Waals surface area contributed by atoms with Crippen molar-refractivity contribution in [3.05, 3.63) is 34.4 Å². The second-order valence-corrected chi connectivity index (χ2v) is 10.3. The Bertz CT molecular complexity index is 871. The van der Waals surface area contributed by atoms with E-state index in [-0.39, 0.29) is 10.8 Å². The van der Waals surface area contributed by atoms with Gasteiger partial charge in [-0.1, -0.05) is 39.8 Å². The average molecular weight is 449 g/mol. The minimum absolute atomic E-state index is 0.266. The van der Waals surface area contributed by atoms with Gasteiger partial charge >= 0.3 is 11.9 Å². The fourth-order valence-corrected chi connectivity index (χ4v) is 3.73. The lowest BCUT2D eigenvalue weighted by Crippen LogP contribution is -2.58. The minimum atomic E-state index is -1.27. The first kappa shape index (κ1) is 27.6. The molecule has 1 unspecified atom stereocenters. The number of aryl methyl sites for hydroxylation is 1. The van der Waals surface area contributed by atoms with E-state index in [4.69, 9.17) is 4.74 Å². The van der Waals surface area contributed by atoms with E-state index in [1.165, 1.54) is 43.2 Å². The van der Waals surface area contributed by atoms with Gasteiger partial charge in [-0.25, -0.2) is 4.79 Å². The van der Waals surface area contributed by atoms with E-state index >= 15 is 0 Å². The van der Waals surface area contributed by atoms with Gasteiger partial charge in [-0.3, -0.25) is 9.59 Å². The van der Waals surface area contributed by atoms with Crippen molar-refractivity contribution >= 4 is 17.8 Å². The number of nitrogens with one attached hydrogen (secondary N) is 2. The van der Waals surface area contributed by atoms with Crippen molar-refractivity contribution in [2.45, 2.75) is 85.7 Å². The summed E-state index contributed by atoms with van der Waals surface area (Å²) in [5, 5.41) is 15.1. The van der Waals surface area contributed by atoms with Crippen LogP contribution in [0.3, 0.4) is 0 Å². The topological polar surface area (TPSA) is 105 Å². The number of rotatable bonds is 10. The molecule has 1 rings (SSSR count). The molecule has 1 aromatic carbocycles. The molecule has 1 amide bonds. The molecule has 0 saturated heterocycles. The summed E-state index contributed by atoms with van der Waals surface area (Å²) < 4.78 is 4.72. The van der Waals surface area contributed by atoms with Gasteiger partial charge in [0.15, 0.2) is 0 Å². The van der Waals surface area contributed by atoms with Gasteiger partial charge in [-0.15, -0.1) is 0 Å². The number of ether oxygens (including phenoxy) is 1. The second kappa shape index (κ2) is 10.0. The van der Waals surface area contributed by atoms with Crippen LogP contribution < -0.4 is 10.6 Å². The third-order valence-electron chi connectivity index (χ3n) is 7.04. The van der Waals surface area contributed by atoms with Gasteiger partial charge in [0.05, 0.1) is 19.6 Å². The van der Waals surface area contributed by atoms with Crippen molar-refractivity contribution in [1.29, 1.82) is 0 Å². The molecule has 0 spiro atoms. The van der Waals surface area contributed by atoms with Crippen LogP contribution in [0.4, 0.5) is 0 Å². The highest BCUT2D eigenvalue weighted by Gasteiger charge is 2.41. The first-order valence-corrected chi connectivity index (χ1v) is 10.9. The number of amides is 1. The van der Waals surface area contributed by atoms with Crippen molar-refractivity contribution in [2.75, 3.05) is 13.7 Å². The molecule has 0 aliphatic heterocycles. The second-order valence-electron chi connectivity index (χ2n) is 10.3.